The van der Waals surface area contributed by atoms with Gasteiger partial charge in [-0.15, -0.1) is 0 Å². The van der Waals surface area contributed by atoms with E-state index >= 15 is 0 Å². The van der Waals surface area contributed by atoms with Crippen molar-refractivity contribution in [2.75, 3.05) is 13.2 Å². The summed E-state index contributed by atoms with van der Waals surface area (Å²) in [6.07, 6.45) is 0. The SMILES string of the molecule is CC1(C)OB(c2ccccc2C(=O)NCCO)OC1(C)C. The third kappa shape index (κ3) is 3.12. The molecule has 0 aliphatic carbocycles. The summed E-state index contributed by atoms with van der Waals surface area (Å²) in [4.78, 5) is 12.2. The Hall–Kier alpha value is -1.37. The molecule has 1 aliphatic rings. The van der Waals surface area contributed by atoms with Crippen molar-refractivity contribution in [3.63, 3.8) is 0 Å². The molecule has 114 valence electrons. The molecule has 21 heavy (non-hydrogen) atoms. The first-order valence-corrected chi connectivity index (χ1v) is 7.12. The molecular weight excluding hydrogens is 269 g/mol. The molecule has 1 saturated heterocycles. The number of rotatable bonds is 4. The van der Waals surface area contributed by atoms with Gasteiger partial charge in [-0.1, -0.05) is 18.2 Å². The van der Waals surface area contributed by atoms with Crippen LogP contribution in [0.1, 0.15) is 38.1 Å². The number of carbonyl (C=O) groups is 1. The Morgan fingerprint density at radius 1 is 1.19 bits per heavy atom. The van der Waals surface area contributed by atoms with Gasteiger partial charge in [-0.3, -0.25) is 4.79 Å². The smallest absolute Gasteiger partial charge is 0.399 e. The summed E-state index contributed by atoms with van der Waals surface area (Å²) in [6.45, 7) is 8.02. The van der Waals surface area contributed by atoms with Crippen molar-refractivity contribution in [2.24, 2.45) is 0 Å². The summed E-state index contributed by atoms with van der Waals surface area (Å²) >= 11 is 0. The zero-order chi connectivity index (χ0) is 15.7. The number of hydrogen-bond acceptors (Lipinski definition) is 4. The number of amides is 1. The fourth-order valence-electron chi connectivity index (χ4n) is 2.14. The van der Waals surface area contributed by atoms with Crippen molar-refractivity contribution in [3.05, 3.63) is 29.8 Å². The van der Waals surface area contributed by atoms with Crippen molar-refractivity contribution in [3.8, 4) is 0 Å². The molecule has 0 unspecified atom stereocenters. The fourth-order valence-corrected chi connectivity index (χ4v) is 2.14. The number of hydrogen-bond donors (Lipinski definition) is 2. The lowest BCUT2D eigenvalue weighted by Crippen LogP contribution is -2.41. The Balaban J connectivity index is 2.28. The first-order chi connectivity index (χ1) is 9.78. The molecule has 1 aromatic rings. The maximum atomic E-state index is 12.2. The summed E-state index contributed by atoms with van der Waals surface area (Å²) in [5.74, 6) is -0.241. The van der Waals surface area contributed by atoms with E-state index in [9.17, 15) is 4.79 Å². The van der Waals surface area contributed by atoms with Crippen molar-refractivity contribution >= 4 is 18.5 Å². The van der Waals surface area contributed by atoms with Gasteiger partial charge in [0.1, 0.15) is 0 Å². The van der Waals surface area contributed by atoms with Crippen LogP contribution >= 0.6 is 0 Å². The van der Waals surface area contributed by atoms with E-state index in [-0.39, 0.29) is 19.1 Å². The molecular formula is C15H22BNO4. The lowest BCUT2D eigenvalue weighted by molar-refractivity contribution is 0.00578. The quantitative estimate of drug-likeness (QED) is 0.802. The number of nitrogens with one attached hydrogen (secondary N) is 1. The summed E-state index contributed by atoms with van der Waals surface area (Å²) in [5, 5.41) is 11.5. The van der Waals surface area contributed by atoms with E-state index in [2.05, 4.69) is 5.32 Å². The third-order valence-electron chi connectivity index (χ3n) is 4.11. The molecule has 0 bridgehead atoms. The molecule has 1 heterocycles. The average molecular weight is 291 g/mol. The highest BCUT2D eigenvalue weighted by molar-refractivity contribution is 6.63. The maximum absolute atomic E-state index is 12.2. The normalized spacial score (nSPS) is 19.6. The molecule has 1 amide bonds. The molecule has 0 atom stereocenters. The monoisotopic (exact) mass is 291 g/mol. The Morgan fingerprint density at radius 2 is 1.76 bits per heavy atom. The highest BCUT2D eigenvalue weighted by Gasteiger charge is 2.52. The van der Waals surface area contributed by atoms with E-state index in [1.165, 1.54) is 0 Å². The van der Waals surface area contributed by atoms with Crippen LogP contribution in [0.3, 0.4) is 0 Å². The summed E-state index contributed by atoms with van der Waals surface area (Å²) in [7, 11) is -0.578. The van der Waals surface area contributed by atoms with E-state index < -0.39 is 18.3 Å². The van der Waals surface area contributed by atoms with Crippen molar-refractivity contribution in [1.82, 2.24) is 5.32 Å². The van der Waals surface area contributed by atoms with E-state index in [0.29, 0.717) is 11.0 Å². The van der Waals surface area contributed by atoms with Gasteiger partial charge in [-0.05, 0) is 39.2 Å². The van der Waals surface area contributed by atoms with E-state index in [1.807, 2.05) is 39.8 Å². The second-order valence-corrected chi connectivity index (χ2v) is 6.16. The molecule has 2 N–H and O–H groups in total. The van der Waals surface area contributed by atoms with Crippen LogP contribution in [-0.4, -0.2) is 42.5 Å². The fraction of sp³-hybridized carbons (Fsp3) is 0.533. The van der Waals surface area contributed by atoms with Crippen molar-refractivity contribution < 1.29 is 19.2 Å². The highest BCUT2D eigenvalue weighted by Crippen LogP contribution is 2.36. The minimum atomic E-state index is -0.578. The van der Waals surface area contributed by atoms with Crippen molar-refractivity contribution in [2.45, 2.75) is 38.9 Å². The second-order valence-electron chi connectivity index (χ2n) is 6.16. The predicted molar refractivity (Wildman–Crippen MR) is 81.6 cm³/mol. The standard InChI is InChI=1S/C15H22BNO4/c1-14(2)15(3,4)21-16(20-14)12-8-6-5-7-11(12)13(19)17-9-10-18/h5-8,18H,9-10H2,1-4H3,(H,17,19). The van der Waals surface area contributed by atoms with Crippen LogP contribution < -0.4 is 10.8 Å². The highest BCUT2D eigenvalue weighted by atomic mass is 16.7. The maximum Gasteiger partial charge on any atom is 0.495 e. The first kappa shape index (κ1) is 16.0. The molecule has 0 spiro atoms. The van der Waals surface area contributed by atoms with E-state index in [1.54, 1.807) is 12.1 Å². The zero-order valence-corrected chi connectivity index (χ0v) is 13.0. The van der Waals surface area contributed by atoms with Gasteiger partial charge in [0.15, 0.2) is 0 Å². The van der Waals surface area contributed by atoms with Gasteiger partial charge in [0.2, 0.25) is 0 Å². The lowest BCUT2D eigenvalue weighted by atomic mass is 9.75. The largest absolute Gasteiger partial charge is 0.495 e. The molecule has 0 saturated carbocycles. The van der Waals surface area contributed by atoms with Gasteiger partial charge in [-0.2, -0.15) is 0 Å². The molecule has 1 fully saturated rings. The van der Waals surface area contributed by atoms with Crippen LogP contribution in [0.2, 0.25) is 0 Å². The minimum absolute atomic E-state index is 0.0929. The number of benzene rings is 1. The van der Waals surface area contributed by atoms with Gasteiger partial charge in [0.25, 0.3) is 5.91 Å². The van der Waals surface area contributed by atoms with Crippen LogP contribution in [0.4, 0.5) is 0 Å². The molecule has 6 heteroatoms. The minimum Gasteiger partial charge on any atom is -0.399 e. The Labute approximate surface area is 125 Å². The molecule has 5 nitrogen and oxygen atoms in total. The van der Waals surface area contributed by atoms with E-state index in [4.69, 9.17) is 14.4 Å². The molecule has 1 aliphatic heterocycles. The van der Waals surface area contributed by atoms with Gasteiger partial charge in [0.05, 0.1) is 17.8 Å². The summed E-state index contributed by atoms with van der Waals surface area (Å²) < 4.78 is 12.0. The van der Waals surface area contributed by atoms with Gasteiger partial charge >= 0.3 is 7.12 Å². The van der Waals surface area contributed by atoms with Crippen LogP contribution in [0.15, 0.2) is 24.3 Å². The molecule has 1 aromatic carbocycles. The van der Waals surface area contributed by atoms with Gasteiger partial charge < -0.3 is 19.7 Å². The van der Waals surface area contributed by atoms with Gasteiger partial charge in [-0.25, -0.2) is 0 Å². The van der Waals surface area contributed by atoms with Crippen LogP contribution in [-0.2, 0) is 9.31 Å². The van der Waals surface area contributed by atoms with Crippen LogP contribution in [0.25, 0.3) is 0 Å². The second kappa shape index (κ2) is 5.79. The summed E-state index contributed by atoms with van der Waals surface area (Å²) in [6, 6.07) is 7.20. The number of aliphatic hydroxyl groups excluding tert-OH is 1. The average Bonchev–Trinajstić information content (AvgIpc) is 2.65. The third-order valence-corrected chi connectivity index (χ3v) is 4.11. The number of aliphatic hydroxyl groups is 1. The molecule has 0 radical (unpaired) electrons. The predicted octanol–water partition coefficient (Wildman–Crippen LogP) is 0.708. The van der Waals surface area contributed by atoms with E-state index in [0.717, 1.165) is 0 Å². The van der Waals surface area contributed by atoms with Gasteiger partial charge in [0, 0.05) is 12.1 Å². The van der Waals surface area contributed by atoms with Crippen LogP contribution in [0, 0.1) is 0 Å². The molecule has 0 aromatic heterocycles. The Bertz CT molecular complexity index is 514. The number of carbonyl (C=O) groups excluding carboxylic acids is 1. The zero-order valence-electron chi connectivity index (χ0n) is 13.0. The van der Waals surface area contributed by atoms with Crippen LogP contribution in [0.5, 0.6) is 0 Å². The Kier molecular flexibility index (Phi) is 4.42. The topological polar surface area (TPSA) is 67.8 Å². The lowest BCUT2D eigenvalue weighted by Gasteiger charge is -2.32. The first-order valence-electron chi connectivity index (χ1n) is 7.12. The molecule has 2 rings (SSSR count). The van der Waals surface area contributed by atoms with Crippen molar-refractivity contribution in [1.29, 1.82) is 0 Å². The summed E-state index contributed by atoms with van der Waals surface area (Å²) in [5.41, 5.74) is 0.301. The Morgan fingerprint density at radius 3 is 2.33 bits per heavy atom.